The van der Waals surface area contributed by atoms with E-state index in [1.807, 2.05) is 25.1 Å². The summed E-state index contributed by atoms with van der Waals surface area (Å²) in [6, 6.07) is 13.5. The number of carbonyl (C=O) groups is 1. The van der Waals surface area contributed by atoms with Crippen molar-refractivity contribution in [2.75, 3.05) is 43.5 Å². The number of amides is 1. The van der Waals surface area contributed by atoms with Crippen LogP contribution in [0, 0.1) is 5.82 Å². The van der Waals surface area contributed by atoms with Crippen molar-refractivity contribution in [2.24, 2.45) is 0 Å². The largest absolute Gasteiger partial charge is 0.495 e. The van der Waals surface area contributed by atoms with Gasteiger partial charge >= 0.3 is 0 Å². The lowest BCUT2D eigenvalue weighted by Gasteiger charge is -2.38. The van der Waals surface area contributed by atoms with Crippen molar-refractivity contribution in [2.45, 2.75) is 13.0 Å². The number of nitrogens with zero attached hydrogens (tertiary/aromatic N) is 2. The quantitative estimate of drug-likeness (QED) is 0.894. The fourth-order valence-corrected chi connectivity index (χ4v) is 3.19. The van der Waals surface area contributed by atoms with Gasteiger partial charge in [0.1, 0.15) is 11.6 Å². The molecule has 1 fully saturated rings. The van der Waals surface area contributed by atoms with Crippen molar-refractivity contribution >= 4 is 17.3 Å². The Hall–Kier alpha value is -2.60. The third-order valence-electron chi connectivity index (χ3n) is 4.78. The minimum atomic E-state index is -0.316. The highest BCUT2D eigenvalue weighted by molar-refractivity contribution is 5.94. The van der Waals surface area contributed by atoms with Gasteiger partial charge in [-0.3, -0.25) is 9.69 Å². The average molecular weight is 357 g/mol. The Kier molecular flexibility index (Phi) is 5.73. The zero-order chi connectivity index (χ0) is 18.5. The normalized spacial score (nSPS) is 16.2. The van der Waals surface area contributed by atoms with Crippen LogP contribution in [0.2, 0.25) is 0 Å². The second-order valence-electron chi connectivity index (χ2n) is 6.37. The second kappa shape index (κ2) is 8.19. The van der Waals surface area contributed by atoms with E-state index in [-0.39, 0.29) is 17.8 Å². The maximum absolute atomic E-state index is 13.0. The summed E-state index contributed by atoms with van der Waals surface area (Å²) < 4.78 is 18.4. The SMILES string of the molecule is COc1ccccc1N1CCN([C@@H](C)C(=O)Nc2ccc(F)cc2)CC1. The molecule has 0 radical (unpaired) electrons. The zero-order valence-electron chi connectivity index (χ0n) is 15.1. The van der Waals surface area contributed by atoms with Gasteiger partial charge in [-0.25, -0.2) is 4.39 Å². The van der Waals surface area contributed by atoms with E-state index < -0.39 is 0 Å². The van der Waals surface area contributed by atoms with Gasteiger partial charge < -0.3 is 15.0 Å². The molecule has 1 amide bonds. The summed E-state index contributed by atoms with van der Waals surface area (Å²) in [5.74, 6) is 0.467. The molecule has 2 aromatic carbocycles. The summed E-state index contributed by atoms with van der Waals surface area (Å²) in [5.41, 5.74) is 1.69. The van der Waals surface area contributed by atoms with Crippen molar-refractivity contribution in [1.82, 2.24) is 4.90 Å². The first-order valence-corrected chi connectivity index (χ1v) is 8.77. The fourth-order valence-electron chi connectivity index (χ4n) is 3.19. The van der Waals surface area contributed by atoms with Crippen molar-refractivity contribution in [3.8, 4) is 5.75 Å². The van der Waals surface area contributed by atoms with Gasteiger partial charge in [0, 0.05) is 31.9 Å². The van der Waals surface area contributed by atoms with Crippen LogP contribution in [-0.2, 0) is 4.79 Å². The summed E-state index contributed by atoms with van der Waals surface area (Å²) in [6.07, 6.45) is 0. The van der Waals surface area contributed by atoms with Gasteiger partial charge in [0.15, 0.2) is 0 Å². The molecule has 26 heavy (non-hydrogen) atoms. The minimum absolute atomic E-state index is 0.0812. The number of hydrogen-bond acceptors (Lipinski definition) is 4. The molecular formula is C20H24FN3O2. The van der Waals surface area contributed by atoms with E-state index in [4.69, 9.17) is 4.74 Å². The van der Waals surface area contributed by atoms with E-state index in [1.54, 1.807) is 19.2 Å². The van der Waals surface area contributed by atoms with E-state index in [0.29, 0.717) is 5.69 Å². The molecule has 3 rings (SSSR count). The van der Waals surface area contributed by atoms with Crippen molar-refractivity contribution in [3.63, 3.8) is 0 Å². The number of hydrogen-bond donors (Lipinski definition) is 1. The maximum Gasteiger partial charge on any atom is 0.241 e. The minimum Gasteiger partial charge on any atom is -0.495 e. The second-order valence-corrected chi connectivity index (χ2v) is 6.37. The lowest BCUT2D eigenvalue weighted by atomic mass is 10.2. The van der Waals surface area contributed by atoms with Gasteiger partial charge in [-0.05, 0) is 43.3 Å². The first-order valence-electron chi connectivity index (χ1n) is 8.77. The maximum atomic E-state index is 13.0. The molecule has 6 heteroatoms. The molecule has 1 atom stereocenters. The van der Waals surface area contributed by atoms with Crippen molar-refractivity contribution < 1.29 is 13.9 Å². The van der Waals surface area contributed by atoms with Crippen LogP contribution in [0.3, 0.4) is 0 Å². The predicted molar refractivity (Wildman–Crippen MR) is 101 cm³/mol. The Morgan fingerprint density at radius 1 is 1.08 bits per heavy atom. The molecule has 0 spiro atoms. The molecule has 2 aromatic rings. The Balaban J connectivity index is 1.57. The van der Waals surface area contributed by atoms with Gasteiger partial charge in [-0.15, -0.1) is 0 Å². The molecule has 1 aliphatic heterocycles. The van der Waals surface area contributed by atoms with E-state index in [2.05, 4.69) is 21.2 Å². The molecular weight excluding hydrogens is 333 g/mol. The van der Waals surface area contributed by atoms with E-state index in [9.17, 15) is 9.18 Å². The molecule has 1 heterocycles. The number of anilines is 2. The summed E-state index contributed by atoms with van der Waals surface area (Å²) in [4.78, 5) is 16.9. The van der Waals surface area contributed by atoms with Crippen LogP contribution in [0.15, 0.2) is 48.5 Å². The Morgan fingerprint density at radius 2 is 1.73 bits per heavy atom. The molecule has 5 nitrogen and oxygen atoms in total. The van der Waals surface area contributed by atoms with Crippen molar-refractivity contribution in [3.05, 3.63) is 54.3 Å². The van der Waals surface area contributed by atoms with E-state index in [0.717, 1.165) is 37.6 Å². The molecule has 138 valence electrons. The Bertz CT molecular complexity index is 743. The molecule has 0 aliphatic carbocycles. The molecule has 1 saturated heterocycles. The first kappa shape index (κ1) is 18.2. The van der Waals surface area contributed by atoms with Gasteiger partial charge in [0.25, 0.3) is 0 Å². The fraction of sp³-hybridized carbons (Fsp3) is 0.350. The first-order chi connectivity index (χ1) is 12.6. The summed E-state index contributed by atoms with van der Waals surface area (Å²) in [6.45, 7) is 5.13. The molecule has 0 saturated carbocycles. The van der Waals surface area contributed by atoms with Crippen LogP contribution < -0.4 is 15.0 Å². The van der Waals surface area contributed by atoms with Crippen LogP contribution in [0.1, 0.15) is 6.92 Å². The van der Waals surface area contributed by atoms with Gasteiger partial charge in [0.05, 0.1) is 18.8 Å². The summed E-state index contributed by atoms with van der Waals surface area (Å²) in [7, 11) is 1.68. The van der Waals surface area contributed by atoms with E-state index >= 15 is 0 Å². The average Bonchev–Trinajstić information content (AvgIpc) is 2.69. The number of ether oxygens (including phenoxy) is 1. The molecule has 0 aromatic heterocycles. The van der Waals surface area contributed by atoms with Crippen LogP contribution in [-0.4, -0.2) is 50.1 Å². The molecule has 1 N–H and O–H groups in total. The van der Waals surface area contributed by atoms with Gasteiger partial charge in [-0.2, -0.15) is 0 Å². The van der Waals surface area contributed by atoms with Gasteiger partial charge in [0.2, 0.25) is 5.91 Å². The third-order valence-corrected chi connectivity index (χ3v) is 4.78. The lowest BCUT2D eigenvalue weighted by molar-refractivity contribution is -0.120. The number of para-hydroxylation sites is 2. The number of halogens is 1. The van der Waals surface area contributed by atoms with Gasteiger partial charge in [-0.1, -0.05) is 12.1 Å². The Morgan fingerprint density at radius 3 is 2.38 bits per heavy atom. The standard InChI is InChI=1S/C20H24FN3O2/c1-15(20(25)22-17-9-7-16(21)8-10-17)23-11-13-24(14-12-23)18-5-3-4-6-19(18)26-2/h3-10,15H,11-14H2,1-2H3,(H,22,25)/t15-/m0/s1. The number of nitrogens with one attached hydrogen (secondary N) is 1. The predicted octanol–water partition coefficient (Wildman–Crippen LogP) is 2.98. The molecule has 0 unspecified atom stereocenters. The number of methoxy groups -OCH3 is 1. The lowest BCUT2D eigenvalue weighted by Crippen LogP contribution is -2.52. The highest BCUT2D eigenvalue weighted by atomic mass is 19.1. The van der Waals surface area contributed by atoms with Crippen LogP contribution in [0.4, 0.5) is 15.8 Å². The number of piperazine rings is 1. The van der Waals surface area contributed by atoms with Crippen molar-refractivity contribution in [1.29, 1.82) is 0 Å². The highest BCUT2D eigenvalue weighted by Crippen LogP contribution is 2.28. The third kappa shape index (κ3) is 4.14. The number of rotatable bonds is 5. The number of benzene rings is 2. The van der Waals surface area contributed by atoms with E-state index in [1.165, 1.54) is 12.1 Å². The van der Waals surface area contributed by atoms with Crippen LogP contribution in [0.5, 0.6) is 5.75 Å². The summed E-state index contributed by atoms with van der Waals surface area (Å²) in [5, 5.41) is 2.85. The monoisotopic (exact) mass is 357 g/mol. The Labute approximate surface area is 153 Å². The highest BCUT2D eigenvalue weighted by Gasteiger charge is 2.26. The molecule has 0 bridgehead atoms. The zero-order valence-corrected chi connectivity index (χ0v) is 15.1. The van der Waals surface area contributed by atoms with Crippen LogP contribution >= 0.6 is 0 Å². The van der Waals surface area contributed by atoms with Crippen LogP contribution in [0.25, 0.3) is 0 Å². The number of carbonyl (C=O) groups excluding carboxylic acids is 1. The topological polar surface area (TPSA) is 44.8 Å². The smallest absolute Gasteiger partial charge is 0.241 e. The molecule has 1 aliphatic rings. The summed E-state index contributed by atoms with van der Waals surface area (Å²) >= 11 is 0.